The third-order valence-corrected chi connectivity index (χ3v) is 15.9. The number of rotatable bonds is 12. The van der Waals surface area contributed by atoms with Gasteiger partial charge in [-0.05, 0) is 117 Å². The summed E-state index contributed by atoms with van der Waals surface area (Å²) >= 11 is 3.14. The number of carboxylic acids is 1. The summed E-state index contributed by atoms with van der Waals surface area (Å²) in [5.74, 6) is -0.154. The van der Waals surface area contributed by atoms with Gasteiger partial charge in [0.2, 0.25) is 0 Å². The number of nitriles is 1. The summed E-state index contributed by atoms with van der Waals surface area (Å²) in [6.07, 6.45) is 6.94. The molecule has 0 saturated heterocycles. The number of fused-ring (bicyclic) bond motifs is 7. The van der Waals surface area contributed by atoms with Gasteiger partial charge in [0.25, 0.3) is 0 Å². The summed E-state index contributed by atoms with van der Waals surface area (Å²) in [4.78, 5) is 18.0. The average Bonchev–Trinajstić information content (AvgIpc) is 4.02. The Kier molecular flexibility index (Phi) is 10.6. The van der Waals surface area contributed by atoms with E-state index in [4.69, 9.17) is 9.47 Å². The molecule has 0 atom stereocenters. The molecule has 0 spiro atoms. The fourth-order valence-corrected chi connectivity index (χ4v) is 12.5. The van der Waals surface area contributed by atoms with Crippen molar-refractivity contribution in [1.29, 1.82) is 5.26 Å². The van der Waals surface area contributed by atoms with Crippen molar-refractivity contribution in [3.8, 4) is 60.0 Å². The number of carbonyl (C=O) groups is 1. The lowest BCUT2D eigenvalue weighted by Gasteiger charge is -2.30. The van der Waals surface area contributed by atoms with Gasteiger partial charge in [-0.25, -0.2) is 4.79 Å². The van der Waals surface area contributed by atoms with Crippen LogP contribution in [0.25, 0.3) is 48.5 Å². The Morgan fingerprint density at radius 2 is 1.25 bits per heavy atom. The average molecular weight is 879 g/mol. The normalized spacial score (nSPS) is 14.9. The topological polar surface area (TPSA) is 82.8 Å². The van der Waals surface area contributed by atoms with Crippen molar-refractivity contribution in [3.63, 3.8) is 0 Å². The zero-order chi connectivity index (χ0) is 44.3. The minimum atomic E-state index is -1.27. The van der Waals surface area contributed by atoms with Crippen molar-refractivity contribution >= 4 is 51.8 Å². The molecule has 1 aliphatic heterocycles. The third kappa shape index (κ3) is 6.93. The zero-order valence-corrected chi connectivity index (χ0v) is 38.5. The number of benzene rings is 5. The highest BCUT2D eigenvalue weighted by Crippen LogP contribution is 2.55. The smallest absolute Gasteiger partial charge is 0.346 e. The Balaban J connectivity index is 1.08. The van der Waals surface area contributed by atoms with Crippen molar-refractivity contribution in [2.24, 2.45) is 0 Å². The number of aryl methyl sites for hydroxylation is 1. The Hall–Kier alpha value is -6.40. The maximum absolute atomic E-state index is 11.8. The van der Waals surface area contributed by atoms with Gasteiger partial charge in [-0.3, -0.25) is 0 Å². The number of nitrogens with zero attached hydrogens (tertiary/aromatic N) is 2. The fourth-order valence-electron chi connectivity index (χ4n) is 10.1. The molecule has 7 aromatic rings. The van der Waals surface area contributed by atoms with E-state index in [0.29, 0.717) is 29.6 Å². The summed E-state index contributed by atoms with van der Waals surface area (Å²) < 4.78 is 12.3. The van der Waals surface area contributed by atoms with Gasteiger partial charge in [0.1, 0.15) is 24.9 Å². The van der Waals surface area contributed by atoms with Gasteiger partial charge in [-0.1, -0.05) is 127 Å². The highest BCUT2D eigenvalue weighted by Gasteiger charge is 2.38. The minimum absolute atomic E-state index is 0.145. The molecule has 0 fully saturated rings. The van der Waals surface area contributed by atoms with Crippen LogP contribution in [0.3, 0.4) is 0 Å². The number of unbranched alkanes of at least 4 members (excludes halogenated alkanes) is 3. The standard InChI is InChI=1S/C56H50N2O4S2/c1-6-7-8-9-14-35-29-49(53-51-50(61-27-28-62-51)48(63-53)30-36(33-57)54(59)60)64-52(35)34-19-21-37(22-20-34)58(38-23-25-42-40-15-10-12-17-44(40)55(2,3)46(42)31-38)39-24-26-43-41-16-11-13-18-45(41)56(4,5)47(43)32-39/h10-13,15-26,29-32H,6-9,14,27-28H2,1-5H3,(H,59,60). The van der Waals surface area contributed by atoms with Crippen LogP contribution >= 0.6 is 22.7 Å². The van der Waals surface area contributed by atoms with Gasteiger partial charge >= 0.3 is 5.97 Å². The Labute approximate surface area is 383 Å². The number of hydrogen-bond acceptors (Lipinski definition) is 7. The van der Waals surface area contributed by atoms with Crippen molar-refractivity contribution in [2.45, 2.75) is 77.6 Å². The molecule has 6 nitrogen and oxygen atoms in total. The van der Waals surface area contributed by atoms with Crippen LogP contribution in [0.15, 0.2) is 121 Å². The molecule has 5 aromatic carbocycles. The van der Waals surface area contributed by atoms with E-state index in [1.165, 1.54) is 85.2 Å². The van der Waals surface area contributed by atoms with E-state index >= 15 is 0 Å². The number of ether oxygens (including phenoxy) is 2. The summed E-state index contributed by atoms with van der Waals surface area (Å²) in [7, 11) is 0. The second-order valence-electron chi connectivity index (χ2n) is 18.1. The molecular formula is C56H50N2O4S2. The van der Waals surface area contributed by atoms with Crippen molar-refractivity contribution in [2.75, 3.05) is 18.1 Å². The molecule has 0 bridgehead atoms. The van der Waals surface area contributed by atoms with Crippen LogP contribution in [-0.4, -0.2) is 24.3 Å². The summed E-state index contributed by atoms with van der Waals surface area (Å²) in [5.41, 5.74) is 15.7. The first kappa shape index (κ1) is 41.6. The van der Waals surface area contributed by atoms with E-state index in [0.717, 1.165) is 51.6 Å². The van der Waals surface area contributed by atoms with E-state index in [1.54, 1.807) is 11.3 Å². The summed E-state index contributed by atoms with van der Waals surface area (Å²) in [6, 6.07) is 44.8. The van der Waals surface area contributed by atoms with Crippen LogP contribution in [0.2, 0.25) is 0 Å². The molecule has 10 rings (SSSR count). The predicted octanol–water partition coefficient (Wildman–Crippen LogP) is 15.1. The van der Waals surface area contributed by atoms with Crippen LogP contribution in [0.1, 0.15) is 93.0 Å². The lowest BCUT2D eigenvalue weighted by molar-refractivity contribution is -0.132. The van der Waals surface area contributed by atoms with E-state index in [1.807, 2.05) is 6.07 Å². The van der Waals surface area contributed by atoms with Gasteiger partial charge in [-0.15, -0.1) is 22.7 Å². The Bertz CT molecular complexity index is 2940. The quantitative estimate of drug-likeness (QED) is 0.0748. The van der Waals surface area contributed by atoms with Crippen molar-refractivity contribution < 1.29 is 19.4 Å². The Morgan fingerprint density at radius 3 is 1.83 bits per heavy atom. The minimum Gasteiger partial charge on any atom is -0.485 e. The maximum atomic E-state index is 11.8. The molecule has 0 saturated carbocycles. The van der Waals surface area contributed by atoms with Gasteiger partial charge in [0.05, 0.1) is 9.75 Å². The molecule has 2 aliphatic carbocycles. The molecule has 3 aliphatic rings. The predicted molar refractivity (Wildman–Crippen MR) is 263 cm³/mol. The van der Waals surface area contributed by atoms with E-state index in [-0.39, 0.29) is 16.4 Å². The Morgan fingerprint density at radius 1 is 0.688 bits per heavy atom. The molecular weight excluding hydrogens is 829 g/mol. The molecule has 0 radical (unpaired) electrons. The zero-order valence-electron chi connectivity index (χ0n) is 36.9. The second-order valence-corrected chi connectivity index (χ2v) is 20.2. The van der Waals surface area contributed by atoms with Crippen molar-refractivity contribution in [3.05, 3.63) is 154 Å². The maximum Gasteiger partial charge on any atom is 0.346 e. The number of carboxylic acid groups (broad SMARTS) is 1. The molecule has 0 amide bonds. The van der Waals surface area contributed by atoms with Crippen LogP contribution in [0.5, 0.6) is 11.5 Å². The second kappa shape index (κ2) is 16.3. The SMILES string of the molecule is CCCCCCc1cc(-c2sc(C=C(C#N)C(=O)O)c3c2OCCO3)sc1-c1ccc(N(c2ccc3c(c2)C(C)(C)c2ccccc2-3)c2ccc3c(c2)C(C)(C)c2ccccc2-3)cc1. The lowest BCUT2D eigenvalue weighted by atomic mass is 9.82. The first-order chi connectivity index (χ1) is 31.0. The molecule has 320 valence electrons. The van der Waals surface area contributed by atoms with Crippen LogP contribution < -0.4 is 14.4 Å². The third-order valence-electron chi connectivity index (χ3n) is 13.4. The van der Waals surface area contributed by atoms with E-state index < -0.39 is 5.97 Å². The van der Waals surface area contributed by atoms with Crippen molar-refractivity contribution in [1.82, 2.24) is 0 Å². The van der Waals surface area contributed by atoms with E-state index in [9.17, 15) is 15.2 Å². The first-order valence-corrected chi connectivity index (χ1v) is 23.9. The molecule has 2 aromatic heterocycles. The summed E-state index contributed by atoms with van der Waals surface area (Å²) in [5, 5.41) is 19.2. The van der Waals surface area contributed by atoms with Crippen LogP contribution in [-0.2, 0) is 22.0 Å². The highest BCUT2D eigenvalue weighted by molar-refractivity contribution is 7.24. The molecule has 3 heterocycles. The van der Waals surface area contributed by atoms with Crippen LogP contribution in [0.4, 0.5) is 17.1 Å². The van der Waals surface area contributed by atoms with Crippen LogP contribution in [0, 0.1) is 11.3 Å². The number of hydrogen-bond donors (Lipinski definition) is 1. The van der Waals surface area contributed by atoms with E-state index in [2.05, 4.69) is 155 Å². The van der Waals surface area contributed by atoms with Gasteiger partial charge in [-0.2, -0.15) is 5.26 Å². The monoisotopic (exact) mass is 878 g/mol. The summed E-state index contributed by atoms with van der Waals surface area (Å²) in [6.45, 7) is 12.3. The largest absolute Gasteiger partial charge is 0.485 e. The molecule has 64 heavy (non-hydrogen) atoms. The molecule has 1 N–H and O–H groups in total. The number of aliphatic carboxylic acids is 1. The van der Waals surface area contributed by atoms with Gasteiger partial charge in [0.15, 0.2) is 11.5 Å². The number of anilines is 3. The van der Waals surface area contributed by atoms with Gasteiger partial charge in [0, 0.05) is 37.6 Å². The number of thiophene rings is 2. The molecule has 8 heteroatoms. The lowest BCUT2D eigenvalue weighted by Crippen LogP contribution is -2.18. The first-order valence-electron chi connectivity index (χ1n) is 22.3. The fraction of sp³-hybridized carbons (Fsp3) is 0.250. The highest BCUT2D eigenvalue weighted by atomic mass is 32.1. The molecule has 0 unspecified atom stereocenters. The van der Waals surface area contributed by atoms with Gasteiger partial charge < -0.3 is 19.5 Å².